The van der Waals surface area contributed by atoms with Gasteiger partial charge in [0.05, 0.1) is 36.8 Å². The predicted octanol–water partition coefficient (Wildman–Crippen LogP) is 2.19. The Balaban J connectivity index is 1.59. The number of nitrogens with one attached hydrogen (secondary N) is 1. The molecule has 3 rings (SSSR count). The minimum Gasteiger partial charge on any atom is -0.380 e. The molecule has 6 nitrogen and oxygen atoms in total. The lowest BCUT2D eigenvalue weighted by Gasteiger charge is -2.21. The van der Waals surface area contributed by atoms with Gasteiger partial charge in [-0.3, -0.25) is 14.8 Å². The number of amides is 1. The second kappa shape index (κ2) is 7.88. The van der Waals surface area contributed by atoms with E-state index in [1.165, 1.54) is 0 Å². The first-order valence-electron chi connectivity index (χ1n) is 8.20. The van der Waals surface area contributed by atoms with Crippen molar-refractivity contribution in [3.63, 3.8) is 0 Å². The van der Waals surface area contributed by atoms with Crippen molar-refractivity contribution in [1.29, 1.82) is 0 Å². The summed E-state index contributed by atoms with van der Waals surface area (Å²) >= 11 is 0. The first-order chi connectivity index (χ1) is 11.7. The van der Waals surface area contributed by atoms with Crippen LogP contribution in [0.2, 0.25) is 0 Å². The number of hydrogen-bond acceptors (Lipinski definition) is 5. The third-order valence-electron chi connectivity index (χ3n) is 4.05. The smallest absolute Gasteiger partial charge is 0.230 e. The number of pyridine rings is 2. The number of aryl methyl sites for hydroxylation is 1. The molecule has 1 saturated heterocycles. The second-order valence-corrected chi connectivity index (χ2v) is 5.88. The Morgan fingerprint density at radius 2 is 2.17 bits per heavy atom. The van der Waals surface area contributed by atoms with Crippen molar-refractivity contribution in [3.05, 3.63) is 48.0 Å². The van der Waals surface area contributed by atoms with Gasteiger partial charge in [0, 0.05) is 31.6 Å². The lowest BCUT2D eigenvalue weighted by molar-refractivity contribution is -0.115. The van der Waals surface area contributed by atoms with Crippen molar-refractivity contribution in [2.24, 2.45) is 0 Å². The Morgan fingerprint density at radius 3 is 2.96 bits per heavy atom. The van der Waals surface area contributed by atoms with E-state index in [4.69, 9.17) is 4.74 Å². The number of carbonyl (C=O) groups is 1. The van der Waals surface area contributed by atoms with Crippen molar-refractivity contribution in [1.82, 2.24) is 9.97 Å². The maximum absolute atomic E-state index is 12.2. The van der Waals surface area contributed by atoms with Gasteiger partial charge in [-0.05, 0) is 37.1 Å². The minimum absolute atomic E-state index is 0.0884. The third-order valence-corrected chi connectivity index (χ3v) is 4.05. The zero-order valence-electron chi connectivity index (χ0n) is 13.9. The number of ether oxygens (including phenoxy) is 1. The number of aromatic nitrogens is 2. The topological polar surface area (TPSA) is 67.4 Å². The van der Waals surface area contributed by atoms with Gasteiger partial charge in [0.25, 0.3) is 0 Å². The van der Waals surface area contributed by atoms with E-state index in [1.54, 1.807) is 12.4 Å². The second-order valence-electron chi connectivity index (χ2n) is 5.88. The summed E-state index contributed by atoms with van der Waals surface area (Å²) in [7, 11) is 0. The van der Waals surface area contributed by atoms with E-state index in [-0.39, 0.29) is 12.3 Å². The fourth-order valence-corrected chi connectivity index (χ4v) is 2.67. The van der Waals surface area contributed by atoms with Gasteiger partial charge in [-0.1, -0.05) is 0 Å². The van der Waals surface area contributed by atoms with Gasteiger partial charge in [-0.15, -0.1) is 0 Å². The van der Waals surface area contributed by atoms with E-state index < -0.39 is 0 Å². The van der Waals surface area contributed by atoms with Gasteiger partial charge in [0.2, 0.25) is 5.91 Å². The lowest BCUT2D eigenvalue weighted by atomic mass is 10.2. The Hall–Kier alpha value is -2.47. The van der Waals surface area contributed by atoms with E-state index in [0.717, 1.165) is 55.4 Å². The molecule has 0 atom stereocenters. The van der Waals surface area contributed by atoms with E-state index in [2.05, 4.69) is 20.2 Å². The molecule has 1 aliphatic heterocycles. The van der Waals surface area contributed by atoms with Gasteiger partial charge in [-0.25, -0.2) is 0 Å². The highest BCUT2D eigenvalue weighted by Gasteiger charge is 2.11. The average Bonchev–Trinajstić information content (AvgIpc) is 2.87. The summed E-state index contributed by atoms with van der Waals surface area (Å²) < 4.78 is 5.47. The van der Waals surface area contributed by atoms with Crippen LogP contribution in [0.4, 0.5) is 11.4 Å². The number of carbonyl (C=O) groups excluding carboxylic acids is 1. The summed E-state index contributed by atoms with van der Waals surface area (Å²) in [6, 6.07) is 5.81. The van der Waals surface area contributed by atoms with Crippen LogP contribution in [-0.4, -0.2) is 42.2 Å². The van der Waals surface area contributed by atoms with Crippen molar-refractivity contribution >= 4 is 17.3 Å². The standard InChI is InChI=1S/C18H22N4O2/c1-14-5-6-19-13-17(14)21-18(23)11-15-3-4-16(12-20-15)22-7-2-9-24-10-8-22/h3-6,12-13H,2,7-11H2,1H3,(H,21,23). The monoisotopic (exact) mass is 326 g/mol. The lowest BCUT2D eigenvalue weighted by Crippen LogP contribution is -2.26. The predicted molar refractivity (Wildman–Crippen MR) is 93.2 cm³/mol. The van der Waals surface area contributed by atoms with Crippen LogP contribution < -0.4 is 10.2 Å². The first-order valence-corrected chi connectivity index (χ1v) is 8.20. The Morgan fingerprint density at radius 1 is 1.25 bits per heavy atom. The molecule has 1 N–H and O–H groups in total. The van der Waals surface area contributed by atoms with Crippen LogP contribution in [0.15, 0.2) is 36.8 Å². The summed E-state index contributed by atoms with van der Waals surface area (Å²) in [6.45, 7) is 5.35. The summed E-state index contributed by atoms with van der Waals surface area (Å²) in [6.07, 6.45) is 6.47. The molecule has 0 unspecified atom stereocenters. The van der Waals surface area contributed by atoms with Gasteiger partial charge in [0.15, 0.2) is 0 Å². The Labute approximate surface area is 141 Å². The highest BCUT2D eigenvalue weighted by Crippen LogP contribution is 2.16. The normalized spacial score (nSPS) is 15.0. The van der Waals surface area contributed by atoms with E-state index in [1.807, 2.05) is 31.3 Å². The van der Waals surface area contributed by atoms with Gasteiger partial charge in [0.1, 0.15) is 0 Å². The molecule has 0 bridgehead atoms. The molecule has 1 amide bonds. The van der Waals surface area contributed by atoms with E-state index >= 15 is 0 Å². The molecular formula is C18H22N4O2. The quantitative estimate of drug-likeness (QED) is 0.933. The van der Waals surface area contributed by atoms with Crippen molar-refractivity contribution in [2.45, 2.75) is 19.8 Å². The minimum atomic E-state index is -0.0884. The molecule has 3 heterocycles. The maximum atomic E-state index is 12.2. The number of nitrogens with zero attached hydrogens (tertiary/aromatic N) is 3. The van der Waals surface area contributed by atoms with Gasteiger partial charge >= 0.3 is 0 Å². The molecule has 24 heavy (non-hydrogen) atoms. The highest BCUT2D eigenvalue weighted by molar-refractivity contribution is 5.92. The number of rotatable bonds is 4. The highest BCUT2D eigenvalue weighted by atomic mass is 16.5. The molecule has 0 radical (unpaired) electrons. The molecule has 0 aromatic carbocycles. The molecule has 1 aliphatic rings. The van der Waals surface area contributed by atoms with E-state index in [9.17, 15) is 4.79 Å². The van der Waals surface area contributed by atoms with Crippen LogP contribution >= 0.6 is 0 Å². The van der Waals surface area contributed by atoms with Crippen molar-refractivity contribution in [2.75, 3.05) is 36.5 Å². The van der Waals surface area contributed by atoms with E-state index in [0.29, 0.717) is 0 Å². The molecule has 6 heteroatoms. The number of hydrogen-bond donors (Lipinski definition) is 1. The van der Waals surface area contributed by atoms with Crippen molar-refractivity contribution < 1.29 is 9.53 Å². The third kappa shape index (κ3) is 4.29. The largest absolute Gasteiger partial charge is 0.380 e. The van der Waals surface area contributed by atoms with Crippen LogP contribution in [0.5, 0.6) is 0 Å². The summed E-state index contributed by atoms with van der Waals surface area (Å²) in [5.41, 5.74) is 3.56. The summed E-state index contributed by atoms with van der Waals surface area (Å²) in [5, 5.41) is 2.88. The SMILES string of the molecule is Cc1ccncc1NC(=O)Cc1ccc(N2CCCOCC2)cn1. The fourth-order valence-electron chi connectivity index (χ4n) is 2.67. The molecule has 2 aromatic rings. The van der Waals surface area contributed by atoms with Crippen LogP contribution in [-0.2, 0) is 16.0 Å². The first kappa shape index (κ1) is 16.4. The van der Waals surface area contributed by atoms with Crippen LogP contribution in [0.3, 0.4) is 0 Å². The molecular weight excluding hydrogens is 304 g/mol. The van der Waals surface area contributed by atoms with Crippen LogP contribution in [0.25, 0.3) is 0 Å². The summed E-state index contributed by atoms with van der Waals surface area (Å²) in [4.78, 5) is 22.9. The average molecular weight is 326 g/mol. The van der Waals surface area contributed by atoms with Gasteiger partial charge < -0.3 is 15.0 Å². The molecule has 0 saturated carbocycles. The van der Waals surface area contributed by atoms with Gasteiger partial charge in [-0.2, -0.15) is 0 Å². The molecule has 126 valence electrons. The number of anilines is 2. The Bertz CT molecular complexity index is 680. The molecule has 2 aromatic heterocycles. The zero-order valence-corrected chi connectivity index (χ0v) is 13.9. The Kier molecular flexibility index (Phi) is 5.38. The zero-order chi connectivity index (χ0) is 16.8. The summed E-state index contributed by atoms with van der Waals surface area (Å²) in [5.74, 6) is -0.0884. The molecule has 0 spiro atoms. The molecule has 0 aliphatic carbocycles. The molecule has 1 fully saturated rings. The van der Waals surface area contributed by atoms with Crippen molar-refractivity contribution in [3.8, 4) is 0 Å². The van der Waals surface area contributed by atoms with Crippen LogP contribution in [0.1, 0.15) is 17.7 Å². The maximum Gasteiger partial charge on any atom is 0.230 e. The fraction of sp³-hybridized carbons (Fsp3) is 0.389. The van der Waals surface area contributed by atoms with Crippen LogP contribution in [0, 0.1) is 6.92 Å².